The lowest BCUT2D eigenvalue weighted by atomic mass is 10.1. The number of nitrogens with zero attached hydrogens (tertiary/aromatic N) is 1. The Balaban J connectivity index is 0.000000847. The Bertz CT molecular complexity index is 696. The number of aryl methyl sites for hydroxylation is 2. The van der Waals surface area contributed by atoms with E-state index in [-0.39, 0.29) is 0 Å². The molecule has 0 fully saturated rings. The fourth-order valence-corrected chi connectivity index (χ4v) is 2.23. The van der Waals surface area contributed by atoms with Crippen LogP contribution < -0.4 is 0 Å². The first-order valence-corrected chi connectivity index (χ1v) is 7.90. The molecular formula is C20H23NO. The summed E-state index contributed by atoms with van der Waals surface area (Å²) in [7, 11) is 0. The zero-order valence-corrected chi connectivity index (χ0v) is 13.8. The van der Waals surface area contributed by atoms with Crippen molar-refractivity contribution in [1.29, 1.82) is 0 Å². The predicted octanol–water partition coefficient (Wildman–Crippen LogP) is 5.91. The van der Waals surface area contributed by atoms with Crippen LogP contribution in [0.2, 0.25) is 0 Å². The lowest BCUT2D eigenvalue weighted by molar-refractivity contribution is 0.587. The summed E-state index contributed by atoms with van der Waals surface area (Å²) in [6.07, 6.45) is 0.861. The van der Waals surface area contributed by atoms with Gasteiger partial charge in [0.2, 0.25) is 5.89 Å². The van der Waals surface area contributed by atoms with Crippen LogP contribution in [0.5, 0.6) is 0 Å². The lowest BCUT2D eigenvalue weighted by Crippen LogP contribution is -1.84. The SMILES string of the molecule is CC.CCc1nc(-c2ccc(C)cc2)oc1-c1ccccc1. The first-order valence-electron chi connectivity index (χ1n) is 7.90. The second-order valence-electron chi connectivity index (χ2n) is 4.88. The van der Waals surface area contributed by atoms with Crippen LogP contribution in [0, 0.1) is 6.92 Å². The average molecular weight is 293 g/mol. The molecule has 1 heterocycles. The Morgan fingerprint density at radius 2 is 1.50 bits per heavy atom. The first-order chi connectivity index (χ1) is 10.8. The van der Waals surface area contributed by atoms with Crippen LogP contribution >= 0.6 is 0 Å². The molecule has 3 aromatic rings. The van der Waals surface area contributed by atoms with Crippen molar-refractivity contribution >= 4 is 0 Å². The van der Waals surface area contributed by atoms with Crippen molar-refractivity contribution in [3.8, 4) is 22.8 Å². The van der Waals surface area contributed by atoms with E-state index in [1.54, 1.807) is 0 Å². The Morgan fingerprint density at radius 1 is 0.864 bits per heavy atom. The average Bonchev–Trinajstić information content (AvgIpc) is 3.02. The molecule has 0 radical (unpaired) electrons. The van der Waals surface area contributed by atoms with E-state index in [1.165, 1.54) is 5.56 Å². The number of oxazole rings is 1. The first kappa shape index (κ1) is 16.0. The monoisotopic (exact) mass is 293 g/mol. The summed E-state index contributed by atoms with van der Waals surface area (Å²) >= 11 is 0. The Kier molecular flexibility index (Phi) is 5.54. The van der Waals surface area contributed by atoms with Crippen molar-refractivity contribution in [3.63, 3.8) is 0 Å². The minimum Gasteiger partial charge on any atom is -0.436 e. The van der Waals surface area contributed by atoms with Gasteiger partial charge in [-0.15, -0.1) is 0 Å². The van der Waals surface area contributed by atoms with Crippen LogP contribution in [0.15, 0.2) is 59.0 Å². The number of benzene rings is 2. The molecule has 2 nitrogen and oxygen atoms in total. The van der Waals surface area contributed by atoms with Crippen molar-refractivity contribution in [1.82, 2.24) is 4.98 Å². The quantitative estimate of drug-likeness (QED) is 0.600. The molecule has 0 saturated heterocycles. The minimum atomic E-state index is 0.695. The van der Waals surface area contributed by atoms with Gasteiger partial charge in [0.1, 0.15) is 0 Å². The molecule has 0 spiro atoms. The molecule has 0 unspecified atom stereocenters. The molecule has 1 aromatic heterocycles. The van der Waals surface area contributed by atoms with Gasteiger partial charge in [-0.1, -0.05) is 68.8 Å². The number of hydrogen-bond acceptors (Lipinski definition) is 2. The maximum atomic E-state index is 6.01. The fraction of sp³-hybridized carbons (Fsp3) is 0.250. The summed E-state index contributed by atoms with van der Waals surface area (Å²) in [5.74, 6) is 1.57. The van der Waals surface area contributed by atoms with Crippen LogP contribution in [0.1, 0.15) is 32.0 Å². The Hall–Kier alpha value is -2.35. The molecule has 0 atom stereocenters. The summed E-state index contributed by atoms with van der Waals surface area (Å²) in [5, 5.41) is 0. The predicted molar refractivity (Wildman–Crippen MR) is 92.8 cm³/mol. The van der Waals surface area contributed by atoms with Gasteiger partial charge in [-0.05, 0) is 25.5 Å². The van der Waals surface area contributed by atoms with Gasteiger partial charge in [-0.25, -0.2) is 4.98 Å². The van der Waals surface area contributed by atoms with E-state index in [0.29, 0.717) is 5.89 Å². The summed E-state index contributed by atoms with van der Waals surface area (Å²) in [5.41, 5.74) is 4.34. The second kappa shape index (κ2) is 7.60. The van der Waals surface area contributed by atoms with Gasteiger partial charge >= 0.3 is 0 Å². The molecule has 0 aliphatic rings. The van der Waals surface area contributed by atoms with E-state index in [9.17, 15) is 0 Å². The normalized spacial score (nSPS) is 10.0. The van der Waals surface area contributed by atoms with Crippen LogP contribution in [-0.4, -0.2) is 4.98 Å². The van der Waals surface area contributed by atoms with Crippen molar-refractivity contribution < 1.29 is 4.42 Å². The Morgan fingerprint density at radius 3 is 2.09 bits per heavy atom. The molecule has 0 aliphatic carbocycles. The molecule has 114 valence electrons. The maximum Gasteiger partial charge on any atom is 0.227 e. The highest BCUT2D eigenvalue weighted by Crippen LogP contribution is 2.30. The van der Waals surface area contributed by atoms with Gasteiger partial charge in [0.05, 0.1) is 5.69 Å². The molecule has 2 heteroatoms. The molecule has 0 N–H and O–H groups in total. The topological polar surface area (TPSA) is 26.0 Å². The highest BCUT2D eigenvalue weighted by atomic mass is 16.4. The van der Waals surface area contributed by atoms with Crippen molar-refractivity contribution in [2.45, 2.75) is 34.1 Å². The van der Waals surface area contributed by atoms with Gasteiger partial charge in [0.25, 0.3) is 0 Å². The third-order valence-corrected chi connectivity index (χ3v) is 3.37. The molecule has 0 bridgehead atoms. The molecule has 0 saturated carbocycles. The van der Waals surface area contributed by atoms with E-state index < -0.39 is 0 Å². The standard InChI is InChI=1S/C18H17NO.C2H6/c1-3-16-17(14-7-5-4-6-8-14)20-18(19-16)15-11-9-13(2)10-12-15;1-2/h4-12H,3H2,1-2H3;1-2H3. The van der Waals surface area contributed by atoms with Gasteiger partial charge < -0.3 is 4.42 Å². The molecule has 0 amide bonds. The van der Waals surface area contributed by atoms with E-state index in [2.05, 4.69) is 55.2 Å². The van der Waals surface area contributed by atoms with Gasteiger partial charge in [-0.3, -0.25) is 0 Å². The minimum absolute atomic E-state index is 0.695. The summed E-state index contributed by atoms with van der Waals surface area (Å²) in [4.78, 5) is 4.64. The van der Waals surface area contributed by atoms with E-state index in [4.69, 9.17) is 4.42 Å². The van der Waals surface area contributed by atoms with Gasteiger partial charge in [0.15, 0.2) is 5.76 Å². The number of hydrogen-bond donors (Lipinski definition) is 0. The van der Waals surface area contributed by atoms with Crippen LogP contribution in [0.3, 0.4) is 0 Å². The number of rotatable bonds is 3. The van der Waals surface area contributed by atoms with Crippen LogP contribution in [-0.2, 0) is 6.42 Å². The summed E-state index contributed by atoms with van der Waals surface area (Å²) in [6, 6.07) is 18.4. The molecule has 3 rings (SSSR count). The largest absolute Gasteiger partial charge is 0.436 e. The zero-order chi connectivity index (χ0) is 15.9. The lowest BCUT2D eigenvalue weighted by Gasteiger charge is -1.98. The molecule has 2 aromatic carbocycles. The smallest absolute Gasteiger partial charge is 0.227 e. The van der Waals surface area contributed by atoms with Gasteiger partial charge in [0, 0.05) is 11.1 Å². The van der Waals surface area contributed by atoms with E-state index >= 15 is 0 Å². The fourth-order valence-electron chi connectivity index (χ4n) is 2.23. The summed E-state index contributed by atoms with van der Waals surface area (Å²) in [6.45, 7) is 8.18. The van der Waals surface area contributed by atoms with Crippen molar-refractivity contribution in [2.24, 2.45) is 0 Å². The highest BCUT2D eigenvalue weighted by Gasteiger charge is 2.14. The Labute approximate surface area is 132 Å². The van der Waals surface area contributed by atoms with E-state index in [0.717, 1.165) is 29.0 Å². The highest BCUT2D eigenvalue weighted by molar-refractivity contribution is 5.64. The zero-order valence-electron chi connectivity index (χ0n) is 13.8. The third kappa shape index (κ3) is 3.45. The van der Waals surface area contributed by atoms with Gasteiger partial charge in [-0.2, -0.15) is 0 Å². The summed E-state index contributed by atoms with van der Waals surface area (Å²) < 4.78 is 6.01. The second-order valence-corrected chi connectivity index (χ2v) is 4.88. The molecule has 0 aliphatic heterocycles. The molecule has 22 heavy (non-hydrogen) atoms. The number of aromatic nitrogens is 1. The van der Waals surface area contributed by atoms with Crippen molar-refractivity contribution in [2.75, 3.05) is 0 Å². The van der Waals surface area contributed by atoms with Crippen LogP contribution in [0.4, 0.5) is 0 Å². The van der Waals surface area contributed by atoms with Crippen molar-refractivity contribution in [3.05, 3.63) is 65.9 Å². The third-order valence-electron chi connectivity index (χ3n) is 3.37. The van der Waals surface area contributed by atoms with Crippen LogP contribution in [0.25, 0.3) is 22.8 Å². The van der Waals surface area contributed by atoms with E-state index in [1.807, 2.05) is 32.0 Å². The maximum absolute atomic E-state index is 6.01. The molecular weight excluding hydrogens is 270 g/mol.